The van der Waals surface area contributed by atoms with Gasteiger partial charge in [-0.1, -0.05) is 12.8 Å². The van der Waals surface area contributed by atoms with Gasteiger partial charge in [0.1, 0.15) is 0 Å². The molecule has 0 aromatic heterocycles. The van der Waals surface area contributed by atoms with Crippen LogP contribution in [0.5, 0.6) is 0 Å². The number of carbonyl (C=O) groups is 1. The highest BCUT2D eigenvalue weighted by Gasteiger charge is 2.33. The van der Waals surface area contributed by atoms with Crippen LogP contribution in [0.1, 0.15) is 32.6 Å². The Morgan fingerprint density at radius 2 is 2.08 bits per heavy atom. The first-order chi connectivity index (χ1) is 5.68. The molecule has 0 aromatic carbocycles. The average Bonchev–Trinajstić information content (AvgIpc) is 2.50. The van der Waals surface area contributed by atoms with E-state index in [0.29, 0.717) is 6.54 Å². The third-order valence-corrected chi connectivity index (χ3v) is 2.61. The van der Waals surface area contributed by atoms with Gasteiger partial charge in [0.25, 0.3) is 0 Å². The molecule has 3 heteroatoms. The fourth-order valence-corrected chi connectivity index (χ4v) is 1.76. The van der Waals surface area contributed by atoms with E-state index in [0.717, 1.165) is 12.8 Å². The van der Waals surface area contributed by atoms with Crippen LogP contribution in [0.25, 0.3) is 0 Å². The lowest BCUT2D eigenvalue weighted by Gasteiger charge is -2.27. The van der Waals surface area contributed by atoms with E-state index in [1.807, 2.05) is 0 Å². The maximum Gasteiger partial charge on any atom is 0.216 e. The van der Waals surface area contributed by atoms with E-state index in [1.54, 1.807) is 7.11 Å². The number of carbonyl (C=O) groups excluding carboxylic acids is 1. The van der Waals surface area contributed by atoms with Crippen LogP contribution in [0.4, 0.5) is 0 Å². The van der Waals surface area contributed by atoms with Crippen molar-refractivity contribution < 1.29 is 9.53 Å². The molecule has 0 unspecified atom stereocenters. The summed E-state index contributed by atoms with van der Waals surface area (Å²) in [5, 5.41) is 2.82. The van der Waals surface area contributed by atoms with Crippen LogP contribution >= 0.6 is 0 Å². The molecular formula is C9H17NO2. The van der Waals surface area contributed by atoms with Crippen molar-refractivity contribution in [3.8, 4) is 0 Å². The van der Waals surface area contributed by atoms with Crippen LogP contribution in [-0.2, 0) is 9.53 Å². The van der Waals surface area contributed by atoms with Gasteiger partial charge in [0.15, 0.2) is 0 Å². The molecule has 3 nitrogen and oxygen atoms in total. The second-order valence-electron chi connectivity index (χ2n) is 3.50. The van der Waals surface area contributed by atoms with Crippen molar-refractivity contribution in [3.05, 3.63) is 0 Å². The van der Waals surface area contributed by atoms with Gasteiger partial charge in [-0.15, -0.1) is 0 Å². The molecule has 0 spiro atoms. The van der Waals surface area contributed by atoms with Gasteiger partial charge in [-0.3, -0.25) is 4.79 Å². The van der Waals surface area contributed by atoms with Gasteiger partial charge in [0, 0.05) is 20.6 Å². The molecule has 70 valence electrons. The Balaban J connectivity index is 2.39. The number of hydrogen-bond acceptors (Lipinski definition) is 2. The molecule has 1 amide bonds. The fourth-order valence-electron chi connectivity index (χ4n) is 1.76. The van der Waals surface area contributed by atoms with Crippen molar-refractivity contribution in [1.29, 1.82) is 0 Å². The number of amides is 1. The van der Waals surface area contributed by atoms with Crippen LogP contribution in [0.3, 0.4) is 0 Å². The van der Waals surface area contributed by atoms with Crippen molar-refractivity contribution in [2.75, 3.05) is 13.7 Å². The first-order valence-electron chi connectivity index (χ1n) is 4.48. The number of methoxy groups -OCH3 is 1. The van der Waals surface area contributed by atoms with Gasteiger partial charge in [-0.2, -0.15) is 0 Å². The van der Waals surface area contributed by atoms with E-state index in [1.165, 1.54) is 19.8 Å². The molecule has 0 aliphatic heterocycles. The second-order valence-corrected chi connectivity index (χ2v) is 3.50. The summed E-state index contributed by atoms with van der Waals surface area (Å²) in [5.74, 6) is 0.0262. The zero-order valence-corrected chi connectivity index (χ0v) is 7.85. The van der Waals surface area contributed by atoms with E-state index in [2.05, 4.69) is 5.32 Å². The zero-order chi connectivity index (χ0) is 9.03. The molecule has 0 heterocycles. The molecule has 1 N–H and O–H groups in total. The summed E-state index contributed by atoms with van der Waals surface area (Å²) in [4.78, 5) is 10.7. The van der Waals surface area contributed by atoms with Crippen molar-refractivity contribution >= 4 is 5.91 Å². The maximum atomic E-state index is 10.7. The minimum atomic E-state index is -0.0638. The van der Waals surface area contributed by atoms with Gasteiger partial charge >= 0.3 is 0 Å². The van der Waals surface area contributed by atoms with Crippen molar-refractivity contribution in [2.24, 2.45) is 0 Å². The van der Waals surface area contributed by atoms with Gasteiger partial charge in [-0.25, -0.2) is 0 Å². The lowest BCUT2D eigenvalue weighted by atomic mass is 10.0. The van der Waals surface area contributed by atoms with Gasteiger partial charge in [0.05, 0.1) is 5.60 Å². The Morgan fingerprint density at radius 1 is 1.50 bits per heavy atom. The number of ether oxygens (including phenoxy) is 1. The van der Waals surface area contributed by atoms with Gasteiger partial charge < -0.3 is 10.1 Å². The molecule has 12 heavy (non-hydrogen) atoms. The third kappa shape index (κ3) is 2.21. The largest absolute Gasteiger partial charge is 0.376 e. The number of rotatable bonds is 3. The molecule has 0 bridgehead atoms. The Labute approximate surface area is 73.5 Å². The summed E-state index contributed by atoms with van der Waals surface area (Å²) < 4.78 is 5.43. The van der Waals surface area contributed by atoms with Crippen LogP contribution in [0.2, 0.25) is 0 Å². The topological polar surface area (TPSA) is 38.3 Å². The summed E-state index contributed by atoms with van der Waals surface area (Å²) in [5.41, 5.74) is -0.0638. The highest BCUT2D eigenvalue weighted by Crippen LogP contribution is 2.31. The Hall–Kier alpha value is -0.570. The predicted octanol–water partition coefficient (Wildman–Crippen LogP) is 1.08. The summed E-state index contributed by atoms with van der Waals surface area (Å²) in [6.45, 7) is 2.21. The number of hydrogen-bond donors (Lipinski definition) is 1. The van der Waals surface area contributed by atoms with E-state index in [4.69, 9.17) is 4.74 Å². The summed E-state index contributed by atoms with van der Waals surface area (Å²) >= 11 is 0. The summed E-state index contributed by atoms with van der Waals surface area (Å²) in [6, 6.07) is 0. The summed E-state index contributed by atoms with van der Waals surface area (Å²) in [6.07, 6.45) is 4.58. The molecule has 1 saturated carbocycles. The summed E-state index contributed by atoms with van der Waals surface area (Å²) in [7, 11) is 1.73. The normalized spacial score (nSPS) is 20.8. The second kappa shape index (κ2) is 3.90. The Bertz CT molecular complexity index is 162. The quantitative estimate of drug-likeness (QED) is 0.690. The highest BCUT2D eigenvalue weighted by molar-refractivity contribution is 5.72. The minimum Gasteiger partial charge on any atom is -0.376 e. The maximum absolute atomic E-state index is 10.7. The van der Waals surface area contributed by atoms with Crippen molar-refractivity contribution in [1.82, 2.24) is 5.32 Å². The van der Waals surface area contributed by atoms with Crippen LogP contribution in [0.15, 0.2) is 0 Å². The van der Waals surface area contributed by atoms with Gasteiger partial charge in [-0.05, 0) is 12.8 Å². The molecule has 1 rings (SSSR count). The smallest absolute Gasteiger partial charge is 0.216 e. The fraction of sp³-hybridized carbons (Fsp3) is 0.889. The molecule has 0 atom stereocenters. The lowest BCUT2D eigenvalue weighted by molar-refractivity contribution is -0.120. The van der Waals surface area contributed by atoms with Crippen LogP contribution in [0, 0.1) is 0 Å². The van der Waals surface area contributed by atoms with E-state index >= 15 is 0 Å². The molecule has 1 aliphatic carbocycles. The first kappa shape index (κ1) is 9.52. The van der Waals surface area contributed by atoms with Crippen LogP contribution in [-0.4, -0.2) is 25.2 Å². The third-order valence-electron chi connectivity index (χ3n) is 2.61. The van der Waals surface area contributed by atoms with Crippen molar-refractivity contribution in [2.45, 2.75) is 38.2 Å². The predicted molar refractivity (Wildman–Crippen MR) is 46.9 cm³/mol. The lowest BCUT2D eigenvalue weighted by Crippen LogP contribution is -2.41. The van der Waals surface area contributed by atoms with E-state index in [-0.39, 0.29) is 11.5 Å². The zero-order valence-electron chi connectivity index (χ0n) is 7.85. The Kier molecular flexibility index (Phi) is 3.09. The number of nitrogens with one attached hydrogen (secondary N) is 1. The highest BCUT2D eigenvalue weighted by atomic mass is 16.5. The molecular weight excluding hydrogens is 154 g/mol. The molecule has 0 radical (unpaired) electrons. The Morgan fingerprint density at radius 3 is 2.50 bits per heavy atom. The molecule has 1 fully saturated rings. The van der Waals surface area contributed by atoms with E-state index in [9.17, 15) is 4.79 Å². The first-order valence-corrected chi connectivity index (χ1v) is 4.48. The molecule has 1 aliphatic rings. The monoisotopic (exact) mass is 171 g/mol. The SMILES string of the molecule is COC1(CNC(C)=O)CCCC1. The molecule has 0 saturated heterocycles. The minimum absolute atomic E-state index is 0.0262. The molecule has 0 aromatic rings. The van der Waals surface area contributed by atoms with Crippen LogP contribution < -0.4 is 5.32 Å². The van der Waals surface area contributed by atoms with Crippen molar-refractivity contribution in [3.63, 3.8) is 0 Å². The van der Waals surface area contributed by atoms with E-state index < -0.39 is 0 Å². The average molecular weight is 171 g/mol. The standard InChI is InChI=1S/C9H17NO2/c1-8(11)10-7-9(12-2)5-3-4-6-9/h3-7H2,1-2H3,(H,10,11). The van der Waals surface area contributed by atoms with Gasteiger partial charge in [0.2, 0.25) is 5.91 Å².